The van der Waals surface area contributed by atoms with Crippen LogP contribution in [0.15, 0.2) is 0 Å². The number of likely N-dealkylation sites (N-methyl/N-ethyl adjacent to an activating group) is 1. The number of nitrogens with two attached hydrogens (primary N) is 1. The smallest absolute Gasteiger partial charge is 0.0254 e. The van der Waals surface area contributed by atoms with Gasteiger partial charge in [0.2, 0.25) is 0 Å². The van der Waals surface area contributed by atoms with Crippen LogP contribution >= 0.6 is 0 Å². The zero-order valence-electron chi connectivity index (χ0n) is 11.7. The number of rotatable bonds is 2. The third-order valence-electron chi connectivity index (χ3n) is 4.76. The van der Waals surface area contributed by atoms with Gasteiger partial charge in [-0.2, -0.15) is 0 Å². The van der Waals surface area contributed by atoms with Gasteiger partial charge in [-0.25, -0.2) is 0 Å². The number of nitrogens with zero attached hydrogens (tertiary/aromatic N) is 2. The van der Waals surface area contributed by atoms with Crippen molar-refractivity contribution < 1.29 is 0 Å². The van der Waals surface area contributed by atoms with Crippen LogP contribution < -0.4 is 5.73 Å². The zero-order valence-corrected chi connectivity index (χ0v) is 11.7. The summed E-state index contributed by atoms with van der Waals surface area (Å²) in [6.07, 6.45) is 6.62. The Hall–Kier alpha value is -0.120. The van der Waals surface area contributed by atoms with Gasteiger partial charge in [-0.3, -0.25) is 4.90 Å². The maximum atomic E-state index is 6.37. The molecule has 0 aromatic carbocycles. The van der Waals surface area contributed by atoms with E-state index in [1.807, 2.05) is 0 Å². The van der Waals surface area contributed by atoms with Crippen molar-refractivity contribution >= 4 is 0 Å². The third-order valence-corrected chi connectivity index (χ3v) is 4.76. The molecule has 2 N–H and O–H groups in total. The molecule has 3 heteroatoms. The lowest BCUT2D eigenvalue weighted by Crippen LogP contribution is -2.47. The average molecular weight is 239 g/mol. The predicted octanol–water partition coefficient (Wildman–Crippen LogP) is 1.53. The maximum absolute atomic E-state index is 6.37. The summed E-state index contributed by atoms with van der Waals surface area (Å²) in [5, 5.41) is 0. The van der Waals surface area contributed by atoms with E-state index >= 15 is 0 Å². The van der Waals surface area contributed by atoms with Gasteiger partial charge >= 0.3 is 0 Å². The molecule has 0 amide bonds. The van der Waals surface area contributed by atoms with Gasteiger partial charge in [0.15, 0.2) is 0 Å². The highest BCUT2D eigenvalue weighted by atomic mass is 15.3. The van der Waals surface area contributed by atoms with Crippen LogP contribution in [0.25, 0.3) is 0 Å². The molecule has 4 unspecified atom stereocenters. The van der Waals surface area contributed by atoms with Crippen molar-refractivity contribution in [2.75, 3.05) is 27.2 Å². The van der Waals surface area contributed by atoms with Crippen LogP contribution in [0.2, 0.25) is 0 Å². The molecule has 17 heavy (non-hydrogen) atoms. The SMILES string of the molecule is CC1CN(C2CCCCCC2N)CC1N(C)C. The first-order valence-electron chi connectivity index (χ1n) is 7.25. The largest absolute Gasteiger partial charge is 0.326 e. The molecule has 0 radical (unpaired) electrons. The number of hydrogen-bond donors (Lipinski definition) is 1. The minimum Gasteiger partial charge on any atom is -0.326 e. The van der Waals surface area contributed by atoms with E-state index < -0.39 is 0 Å². The Morgan fingerprint density at radius 1 is 1.06 bits per heavy atom. The summed E-state index contributed by atoms with van der Waals surface area (Å²) in [7, 11) is 4.41. The first-order valence-corrected chi connectivity index (χ1v) is 7.25. The van der Waals surface area contributed by atoms with Crippen LogP contribution in [0.5, 0.6) is 0 Å². The fourth-order valence-corrected chi connectivity index (χ4v) is 3.70. The normalized spacial score (nSPS) is 40.8. The summed E-state index contributed by atoms with van der Waals surface area (Å²) in [5.74, 6) is 0.778. The van der Waals surface area contributed by atoms with Crippen molar-refractivity contribution in [3.63, 3.8) is 0 Å². The van der Waals surface area contributed by atoms with E-state index in [1.165, 1.54) is 45.2 Å². The van der Waals surface area contributed by atoms with Gasteiger partial charge in [-0.05, 0) is 32.9 Å². The van der Waals surface area contributed by atoms with E-state index in [0.717, 1.165) is 5.92 Å². The molecule has 4 atom stereocenters. The van der Waals surface area contributed by atoms with Crippen LogP contribution in [0.3, 0.4) is 0 Å². The summed E-state index contributed by atoms with van der Waals surface area (Å²) in [5.41, 5.74) is 6.37. The second-order valence-corrected chi connectivity index (χ2v) is 6.33. The summed E-state index contributed by atoms with van der Waals surface area (Å²) < 4.78 is 0. The Balaban J connectivity index is 1.98. The molecule has 1 heterocycles. The van der Waals surface area contributed by atoms with Crippen LogP contribution in [0.4, 0.5) is 0 Å². The molecule has 2 rings (SSSR count). The molecular weight excluding hydrogens is 210 g/mol. The van der Waals surface area contributed by atoms with Crippen molar-refractivity contribution in [1.29, 1.82) is 0 Å². The Kier molecular flexibility index (Phi) is 4.45. The molecule has 0 bridgehead atoms. The molecule has 2 aliphatic rings. The van der Waals surface area contributed by atoms with E-state index in [1.54, 1.807) is 0 Å². The van der Waals surface area contributed by atoms with Gasteiger partial charge in [-0.15, -0.1) is 0 Å². The summed E-state index contributed by atoms with van der Waals surface area (Å²) in [6.45, 7) is 4.83. The predicted molar refractivity (Wildman–Crippen MR) is 73.1 cm³/mol. The third kappa shape index (κ3) is 3.01. The first-order chi connectivity index (χ1) is 8.09. The Morgan fingerprint density at radius 2 is 1.76 bits per heavy atom. The summed E-state index contributed by atoms with van der Waals surface area (Å²) >= 11 is 0. The van der Waals surface area contributed by atoms with Crippen molar-refractivity contribution in [2.45, 2.75) is 57.2 Å². The van der Waals surface area contributed by atoms with E-state index in [9.17, 15) is 0 Å². The van der Waals surface area contributed by atoms with Gasteiger partial charge in [0.05, 0.1) is 0 Å². The van der Waals surface area contributed by atoms with Gasteiger partial charge in [-0.1, -0.05) is 26.2 Å². The monoisotopic (exact) mass is 239 g/mol. The van der Waals surface area contributed by atoms with Crippen molar-refractivity contribution in [1.82, 2.24) is 9.80 Å². The maximum Gasteiger partial charge on any atom is 0.0254 e. The van der Waals surface area contributed by atoms with Crippen LogP contribution in [0.1, 0.15) is 39.0 Å². The van der Waals surface area contributed by atoms with E-state index in [0.29, 0.717) is 18.1 Å². The molecule has 0 spiro atoms. The van der Waals surface area contributed by atoms with Gasteiger partial charge in [0.1, 0.15) is 0 Å². The average Bonchev–Trinajstić information content (AvgIpc) is 2.51. The second-order valence-electron chi connectivity index (χ2n) is 6.33. The first kappa shape index (κ1) is 13.3. The summed E-state index contributed by atoms with van der Waals surface area (Å²) in [4.78, 5) is 5.05. The molecular formula is C14H29N3. The molecule has 1 aliphatic carbocycles. The number of hydrogen-bond acceptors (Lipinski definition) is 3. The van der Waals surface area contributed by atoms with Crippen molar-refractivity contribution in [3.05, 3.63) is 0 Å². The fourth-order valence-electron chi connectivity index (χ4n) is 3.70. The Bertz CT molecular complexity index is 242. The van der Waals surface area contributed by atoms with E-state index in [-0.39, 0.29) is 0 Å². The van der Waals surface area contributed by atoms with Crippen LogP contribution in [-0.4, -0.2) is 55.1 Å². The zero-order chi connectivity index (χ0) is 12.4. The lowest BCUT2D eigenvalue weighted by Gasteiger charge is -2.32. The van der Waals surface area contributed by atoms with E-state index in [2.05, 4.69) is 30.8 Å². The van der Waals surface area contributed by atoms with Crippen LogP contribution in [0, 0.1) is 5.92 Å². The molecule has 3 nitrogen and oxygen atoms in total. The molecule has 1 saturated carbocycles. The Labute approximate surface area is 106 Å². The minimum absolute atomic E-state index is 0.408. The van der Waals surface area contributed by atoms with Gasteiger partial charge in [0, 0.05) is 31.2 Å². The lowest BCUT2D eigenvalue weighted by molar-refractivity contribution is 0.183. The quantitative estimate of drug-likeness (QED) is 0.742. The highest BCUT2D eigenvalue weighted by molar-refractivity contribution is 4.93. The molecule has 100 valence electrons. The molecule has 0 aromatic heterocycles. The number of likely N-dealkylation sites (tertiary alicyclic amines) is 1. The lowest BCUT2D eigenvalue weighted by atomic mass is 10.0. The van der Waals surface area contributed by atoms with Crippen LogP contribution in [-0.2, 0) is 0 Å². The standard InChI is InChI=1S/C14H29N3/c1-11-9-17(10-14(11)16(2)3)13-8-6-4-5-7-12(13)15/h11-14H,4-10,15H2,1-3H3. The molecule has 1 aliphatic heterocycles. The molecule has 1 saturated heterocycles. The molecule has 2 fully saturated rings. The Morgan fingerprint density at radius 3 is 2.41 bits per heavy atom. The van der Waals surface area contributed by atoms with E-state index in [4.69, 9.17) is 5.73 Å². The summed E-state index contributed by atoms with van der Waals surface area (Å²) in [6, 6.07) is 1.76. The molecule has 0 aromatic rings. The highest BCUT2D eigenvalue weighted by Crippen LogP contribution is 2.28. The highest BCUT2D eigenvalue weighted by Gasteiger charge is 2.36. The van der Waals surface area contributed by atoms with Gasteiger partial charge in [0.25, 0.3) is 0 Å². The van der Waals surface area contributed by atoms with Crippen molar-refractivity contribution in [2.24, 2.45) is 11.7 Å². The van der Waals surface area contributed by atoms with Gasteiger partial charge < -0.3 is 10.6 Å². The fraction of sp³-hybridized carbons (Fsp3) is 1.00. The topological polar surface area (TPSA) is 32.5 Å². The minimum atomic E-state index is 0.408. The van der Waals surface area contributed by atoms with Crippen molar-refractivity contribution in [3.8, 4) is 0 Å². The second kappa shape index (κ2) is 5.68.